The van der Waals surface area contributed by atoms with Crippen molar-refractivity contribution in [1.82, 2.24) is 9.62 Å². The maximum absolute atomic E-state index is 12.7. The number of esters is 1. The summed E-state index contributed by atoms with van der Waals surface area (Å²) in [5.74, 6) is -0.0732. The number of carbonyl (C=O) groups is 1. The van der Waals surface area contributed by atoms with Gasteiger partial charge in [0, 0.05) is 19.2 Å². The van der Waals surface area contributed by atoms with Crippen LogP contribution in [0.15, 0.2) is 23.1 Å². The monoisotopic (exact) mass is 378 g/mol. The number of methoxy groups -OCH3 is 2. The molecule has 0 bridgehead atoms. The number of carbonyl (C=O) groups excluding carboxylic acids is 1. The lowest BCUT2D eigenvalue weighted by atomic mass is 10.1. The van der Waals surface area contributed by atoms with Crippen molar-refractivity contribution < 1.29 is 22.7 Å². The topological polar surface area (TPSA) is 84.9 Å². The van der Waals surface area contributed by atoms with Gasteiger partial charge in [-0.25, -0.2) is 13.2 Å². The molecule has 0 saturated carbocycles. The molecular weight excluding hydrogens is 356 g/mol. The van der Waals surface area contributed by atoms with Gasteiger partial charge in [-0.15, -0.1) is 12.4 Å². The van der Waals surface area contributed by atoms with Gasteiger partial charge in [-0.05, 0) is 38.1 Å². The van der Waals surface area contributed by atoms with Crippen molar-refractivity contribution in [3.8, 4) is 5.75 Å². The summed E-state index contributed by atoms with van der Waals surface area (Å²) in [6.07, 6.45) is 0.831. The highest BCUT2D eigenvalue weighted by Gasteiger charge is 2.32. The molecule has 1 saturated heterocycles. The fourth-order valence-electron chi connectivity index (χ4n) is 2.73. The fourth-order valence-corrected chi connectivity index (χ4v) is 4.28. The van der Waals surface area contributed by atoms with E-state index in [0.717, 1.165) is 13.0 Å². The van der Waals surface area contributed by atoms with Crippen molar-refractivity contribution in [1.29, 1.82) is 0 Å². The number of rotatable bonds is 6. The summed E-state index contributed by atoms with van der Waals surface area (Å²) in [4.78, 5) is 11.8. The van der Waals surface area contributed by atoms with Crippen molar-refractivity contribution in [2.45, 2.75) is 11.3 Å². The van der Waals surface area contributed by atoms with E-state index in [-0.39, 0.29) is 28.6 Å². The first kappa shape index (κ1) is 20.7. The first-order valence-electron chi connectivity index (χ1n) is 7.35. The van der Waals surface area contributed by atoms with Crippen LogP contribution in [0.2, 0.25) is 0 Å². The number of ether oxygens (including phenoxy) is 2. The number of nitrogens with one attached hydrogen (secondary N) is 1. The number of benzene rings is 1. The van der Waals surface area contributed by atoms with Crippen LogP contribution < -0.4 is 10.1 Å². The summed E-state index contributed by atoms with van der Waals surface area (Å²) >= 11 is 0. The molecule has 1 aromatic rings. The van der Waals surface area contributed by atoms with E-state index in [1.807, 2.05) is 7.05 Å². The number of halogens is 1. The van der Waals surface area contributed by atoms with E-state index in [1.165, 1.54) is 36.7 Å². The second kappa shape index (κ2) is 8.66. The van der Waals surface area contributed by atoms with Gasteiger partial charge in [-0.2, -0.15) is 4.31 Å². The van der Waals surface area contributed by atoms with Crippen LogP contribution in [-0.4, -0.2) is 59.6 Å². The summed E-state index contributed by atoms with van der Waals surface area (Å²) in [7, 11) is 0.905. The average Bonchev–Trinajstić information content (AvgIpc) is 3.03. The zero-order valence-corrected chi connectivity index (χ0v) is 15.6. The highest BCUT2D eigenvalue weighted by Crippen LogP contribution is 2.28. The lowest BCUT2D eigenvalue weighted by molar-refractivity contribution is 0.0597. The molecule has 0 spiro atoms. The van der Waals surface area contributed by atoms with E-state index in [4.69, 9.17) is 4.74 Å². The van der Waals surface area contributed by atoms with Crippen LogP contribution in [0.25, 0.3) is 0 Å². The summed E-state index contributed by atoms with van der Waals surface area (Å²) in [6.45, 7) is 1.77. The minimum atomic E-state index is -3.60. The van der Waals surface area contributed by atoms with Gasteiger partial charge in [-0.1, -0.05) is 0 Å². The molecule has 24 heavy (non-hydrogen) atoms. The first-order valence-corrected chi connectivity index (χ1v) is 8.79. The molecule has 1 aliphatic heterocycles. The maximum Gasteiger partial charge on any atom is 0.341 e. The van der Waals surface area contributed by atoms with E-state index in [9.17, 15) is 13.2 Å². The van der Waals surface area contributed by atoms with Gasteiger partial charge in [0.2, 0.25) is 10.0 Å². The molecule has 0 aliphatic carbocycles. The zero-order chi connectivity index (χ0) is 17.0. The van der Waals surface area contributed by atoms with Crippen LogP contribution in [0.4, 0.5) is 0 Å². The van der Waals surface area contributed by atoms with Crippen molar-refractivity contribution in [2.24, 2.45) is 5.92 Å². The Labute approximate surface area is 148 Å². The summed E-state index contributed by atoms with van der Waals surface area (Å²) in [6, 6.07) is 4.20. The Kier molecular flexibility index (Phi) is 7.47. The third kappa shape index (κ3) is 4.18. The van der Waals surface area contributed by atoms with Crippen LogP contribution in [0, 0.1) is 5.92 Å². The Morgan fingerprint density at radius 1 is 1.38 bits per heavy atom. The number of nitrogens with zero attached hydrogens (tertiary/aromatic N) is 1. The third-order valence-electron chi connectivity index (χ3n) is 3.96. The van der Waals surface area contributed by atoms with Crippen molar-refractivity contribution >= 4 is 28.4 Å². The molecule has 1 atom stereocenters. The quantitative estimate of drug-likeness (QED) is 0.747. The van der Waals surface area contributed by atoms with Crippen LogP contribution in [0.5, 0.6) is 5.75 Å². The Morgan fingerprint density at radius 2 is 2.08 bits per heavy atom. The number of sulfonamides is 1. The van der Waals surface area contributed by atoms with Crippen LogP contribution in [-0.2, 0) is 14.8 Å². The molecule has 1 heterocycles. The van der Waals surface area contributed by atoms with Crippen molar-refractivity contribution in [3.63, 3.8) is 0 Å². The van der Waals surface area contributed by atoms with E-state index < -0.39 is 16.0 Å². The Balaban J connectivity index is 0.00000288. The molecule has 0 aromatic heterocycles. The largest absolute Gasteiger partial charge is 0.496 e. The SMILES string of the molecule is CNCC1CCN(S(=O)(=O)c2ccc(C(=O)OC)c(OC)c2)C1.Cl. The second-order valence-corrected chi connectivity index (χ2v) is 7.37. The molecule has 1 aromatic carbocycles. The Hall–Kier alpha value is -1.35. The fraction of sp³-hybridized carbons (Fsp3) is 0.533. The van der Waals surface area contributed by atoms with Crippen LogP contribution in [0.1, 0.15) is 16.8 Å². The van der Waals surface area contributed by atoms with Gasteiger partial charge < -0.3 is 14.8 Å². The molecule has 7 nitrogen and oxygen atoms in total. The predicted octanol–water partition coefficient (Wildman–Crippen LogP) is 1.13. The molecule has 1 fully saturated rings. The highest BCUT2D eigenvalue weighted by atomic mass is 35.5. The van der Waals surface area contributed by atoms with Gasteiger partial charge in [-0.3, -0.25) is 0 Å². The summed E-state index contributed by atoms with van der Waals surface area (Å²) in [5.41, 5.74) is 0.198. The van der Waals surface area contributed by atoms with E-state index in [0.29, 0.717) is 19.0 Å². The van der Waals surface area contributed by atoms with Gasteiger partial charge in [0.15, 0.2) is 0 Å². The summed E-state index contributed by atoms with van der Waals surface area (Å²) < 4.78 is 36.7. The minimum Gasteiger partial charge on any atom is -0.496 e. The second-order valence-electron chi connectivity index (χ2n) is 5.43. The maximum atomic E-state index is 12.7. The predicted molar refractivity (Wildman–Crippen MR) is 92.4 cm³/mol. The van der Waals surface area contributed by atoms with Crippen LogP contribution >= 0.6 is 12.4 Å². The highest BCUT2D eigenvalue weighted by molar-refractivity contribution is 7.89. The molecule has 1 aliphatic rings. The minimum absolute atomic E-state index is 0. The smallest absolute Gasteiger partial charge is 0.341 e. The Bertz CT molecular complexity index is 680. The zero-order valence-electron chi connectivity index (χ0n) is 13.9. The lowest BCUT2D eigenvalue weighted by Crippen LogP contribution is -2.30. The average molecular weight is 379 g/mol. The molecule has 1 unspecified atom stereocenters. The molecule has 1 N–H and O–H groups in total. The molecular formula is C15H23ClN2O5S. The lowest BCUT2D eigenvalue weighted by Gasteiger charge is -2.17. The van der Waals surface area contributed by atoms with Crippen LogP contribution in [0.3, 0.4) is 0 Å². The molecule has 0 radical (unpaired) electrons. The standard InChI is InChI=1S/C15H22N2O5S.ClH/c1-16-9-11-6-7-17(10-11)23(19,20)12-4-5-13(15(18)22-3)14(8-12)21-2;/h4-5,8,11,16H,6-7,9-10H2,1-3H3;1H. The van der Waals surface area contributed by atoms with E-state index in [2.05, 4.69) is 10.1 Å². The number of hydrogen-bond acceptors (Lipinski definition) is 6. The van der Waals surface area contributed by atoms with Gasteiger partial charge in [0.1, 0.15) is 11.3 Å². The van der Waals surface area contributed by atoms with E-state index >= 15 is 0 Å². The van der Waals surface area contributed by atoms with Gasteiger partial charge in [0.25, 0.3) is 0 Å². The van der Waals surface area contributed by atoms with Crippen molar-refractivity contribution in [2.75, 3.05) is 40.9 Å². The molecule has 2 rings (SSSR count). The van der Waals surface area contributed by atoms with Gasteiger partial charge in [0.05, 0.1) is 19.1 Å². The van der Waals surface area contributed by atoms with Gasteiger partial charge >= 0.3 is 5.97 Å². The summed E-state index contributed by atoms with van der Waals surface area (Å²) in [5, 5.41) is 3.07. The first-order chi connectivity index (χ1) is 10.9. The molecule has 136 valence electrons. The normalized spacial score (nSPS) is 18.0. The molecule has 9 heteroatoms. The Morgan fingerprint density at radius 3 is 2.67 bits per heavy atom. The van der Waals surface area contributed by atoms with E-state index in [1.54, 1.807) is 0 Å². The molecule has 0 amide bonds. The number of hydrogen-bond donors (Lipinski definition) is 1. The van der Waals surface area contributed by atoms with Crippen molar-refractivity contribution in [3.05, 3.63) is 23.8 Å². The third-order valence-corrected chi connectivity index (χ3v) is 5.82.